The molecule has 3 aromatic rings. The summed E-state index contributed by atoms with van der Waals surface area (Å²) >= 11 is 0. The number of rotatable bonds is 5. The van der Waals surface area contributed by atoms with Gasteiger partial charge < -0.3 is 14.8 Å². The Kier molecular flexibility index (Phi) is 4.50. The summed E-state index contributed by atoms with van der Waals surface area (Å²) in [7, 11) is 1.55. The van der Waals surface area contributed by atoms with E-state index in [1.54, 1.807) is 37.6 Å². The van der Waals surface area contributed by atoms with Crippen LogP contribution >= 0.6 is 0 Å². The zero-order valence-corrected chi connectivity index (χ0v) is 14.7. The van der Waals surface area contributed by atoms with Crippen LogP contribution in [-0.4, -0.2) is 23.2 Å². The van der Waals surface area contributed by atoms with E-state index in [-0.39, 0.29) is 30.7 Å². The van der Waals surface area contributed by atoms with Crippen LogP contribution in [0.25, 0.3) is 0 Å². The van der Waals surface area contributed by atoms with Crippen molar-refractivity contribution in [1.29, 1.82) is 0 Å². The Balaban J connectivity index is 1.72. The average Bonchev–Trinajstić information content (AvgIpc) is 3.15. The first-order valence-corrected chi connectivity index (χ1v) is 8.53. The van der Waals surface area contributed by atoms with Crippen molar-refractivity contribution in [2.24, 2.45) is 0 Å². The molecular weight excluding hydrogens is 349 g/mol. The highest BCUT2D eigenvalue weighted by atomic mass is 19.1. The second kappa shape index (κ2) is 7.11. The molecule has 0 saturated carbocycles. The van der Waals surface area contributed by atoms with Crippen LogP contribution in [0.4, 0.5) is 10.2 Å². The van der Waals surface area contributed by atoms with Gasteiger partial charge >= 0.3 is 0 Å². The van der Waals surface area contributed by atoms with Gasteiger partial charge in [-0.3, -0.25) is 9.89 Å². The Morgan fingerprint density at radius 1 is 1.19 bits per heavy atom. The van der Waals surface area contributed by atoms with Gasteiger partial charge in [0.2, 0.25) is 5.91 Å². The first-order valence-electron chi connectivity index (χ1n) is 8.53. The van der Waals surface area contributed by atoms with Gasteiger partial charge in [0, 0.05) is 29.0 Å². The van der Waals surface area contributed by atoms with Crippen LogP contribution < -0.4 is 14.8 Å². The summed E-state index contributed by atoms with van der Waals surface area (Å²) in [5, 5.41) is 9.60. The fourth-order valence-corrected chi connectivity index (χ4v) is 3.31. The molecule has 0 unspecified atom stereocenters. The minimum Gasteiger partial charge on any atom is -0.493 e. The molecular formula is C20H18FN3O3. The zero-order chi connectivity index (χ0) is 18.8. The number of amides is 1. The average molecular weight is 367 g/mol. The number of nitrogens with zero attached hydrogens (tertiary/aromatic N) is 1. The molecule has 0 bridgehead atoms. The molecule has 0 aliphatic carbocycles. The molecule has 2 heterocycles. The number of hydrogen-bond donors (Lipinski definition) is 2. The molecule has 6 nitrogen and oxygen atoms in total. The Morgan fingerprint density at radius 3 is 2.85 bits per heavy atom. The second-order valence-electron chi connectivity index (χ2n) is 6.26. The normalized spacial score (nSPS) is 15.8. The number of anilines is 1. The van der Waals surface area contributed by atoms with E-state index in [9.17, 15) is 9.18 Å². The Morgan fingerprint density at radius 2 is 2.04 bits per heavy atom. The fraction of sp³-hybridized carbons (Fsp3) is 0.200. The molecule has 0 radical (unpaired) electrons. The van der Waals surface area contributed by atoms with Crippen molar-refractivity contribution in [3.63, 3.8) is 0 Å². The number of para-hydroxylation sites is 1. The van der Waals surface area contributed by atoms with Crippen molar-refractivity contribution in [3.8, 4) is 11.5 Å². The molecule has 4 rings (SSSR count). The number of carbonyl (C=O) groups is 1. The van der Waals surface area contributed by atoms with Crippen LogP contribution in [0.1, 0.15) is 29.0 Å². The maximum absolute atomic E-state index is 14.0. The van der Waals surface area contributed by atoms with E-state index in [1.165, 1.54) is 6.07 Å². The molecule has 0 fully saturated rings. The fourth-order valence-electron chi connectivity index (χ4n) is 3.31. The van der Waals surface area contributed by atoms with Gasteiger partial charge in [-0.25, -0.2) is 4.39 Å². The van der Waals surface area contributed by atoms with E-state index < -0.39 is 0 Å². The van der Waals surface area contributed by atoms with Crippen molar-refractivity contribution in [2.75, 3.05) is 12.4 Å². The van der Waals surface area contributed by atoms with E-state index in [1.807, 2.05) is 12.1 Å². The molecule has 138 valence electrons. The molecule has 1 aliphatic rings. The summed E-state index contributed by atoms with van der Waals surface area (Å²) in [6.45, 7) is 0.0528. The van der Waals surface area contributed by atoms with Crippen molar-refractivity contribution in [2.45, 2.75) is 18.9 Å². The van der Waals surface area contributed by atoms with Gasteiger partial charge in [-0.1, -0.05) is 30.3 Å². The van der Waals surface area contributed by atoms with Crippen molar-refractivity contribution in [3.05, 3.63) is 71.2 Å². The number of benzene rings is 2. The quantitative estimate of drug-likeness (QED) is 0.722. The van der Waals surface area contributed by atoms with Crippen molar-refractivity contribution < 1.29 is 18.7 Å². The number of aromatic nitrogens is 2. The van der Waals surface area contributed by atoms with Gasteiger partial charge in [0.25, 0.3) is 0 Å². The van der Waals surface area contributed by atoms with E-state index in [0.29, 0.717) is 22.9 Å². The van der Waals surface area contributed by atoms with E-state index in [4.69, 9.17) is 9.47 Å². The predicted molar refractivity (Wildman–Crippen MR) is 97.4 cm³/mol. The highest BCUT2D eigenvalue weighted by Crippen LogP contribution is 2.43. The molecule has 1 aromatic heterocycles. The molecule has 1 amide bonds. The lowest BCUT2D eigenvalue weighted by atomic mass is 9.86. The monoisotopic (exact) mass is 367 g/mol. The van der Waals surface area contributed by atoms with Gasteiger partial charge in [0.15, 0.2) is 11.5 Å². The zero-order valence-electron chi connectivity index (χ0n) is 14.7. The summed E-state index contributed by atoms with van der Waals surface area (Å²) in [5.41, 5.74) is 2.11. The highest BCUT2D eigenvalue weighted by Gasteiger charge is 2.31. The number of H-pyrrole nitrogens is 1. The number of hydrogen-bond acceptors (Lipinski definition) is 4. The smallest absolute Gasteiger partial charge is 0.226 e. The van der Waals surface area contributed by atoms with Crippen molar-refractivity contribution >= 4 is 11.7 Å². The van der Waals surface area contributed by atoms with Gasteiger partial charge in [-0.15, -0.1) is 0 Å². The largest absolute Gasteiger partial charge is 0.493 e. The third-order valence-electron chi connectivity index (χ3n) is 4.63. The summed E-state index contributed by atoms with van der Waals surface area (Å²) in [6, 6.07) is 12.0. The number of methoxy groups -OCH3 is 1. The molecule has 1 atom stereocenters. The molecule has 1 aliphatic heterocycles. The van der Waals surface area contributed by atoms with E-state index in [2.05, 4.69) is 15.5 Å². The number of fused-ring (bicyclic) bond motifs is 1. The van der Waals surface area contributed by atoms with Crippen LogP contribution in [-0.2, 0) is 11.4 Å². The molecule has 2 aromatic carbocycles. The Labute approximate surface area is 155 Å². The van der Waals surface area contributed by atoms with Crippen LogP contribution in [0, 0.1) is 5.82 Å². The molecule has 0 spiro atoms. The summed E-state index contributed by atoms with van der Waals surface area (Å²) < 4.78 is 25.4. The lowest BCUT2D eigenvalue weighted by Crippen LogP contribution is -2.23. The third kappa shape index (κ3) is 3.23. The summed E-state index contributed by atoms with van der Waals surface area (Å²) in [6.07, 6.45) is 1.95. The van der Waals surface area contributed by atoms with E-state index >= 15 is 0 Å². The van der Waals surface area contributed by atoms with Gasteiger partial charge in [0.1, 0.15) is 18.2 Å². The minimum absolute atomic E-state index is 0.0528. The van der Waals surface area contributed by atoms with Gasteiger partial charge in [-0.2, -0.15) is 5.10 Å². The lowest BCUT2D eigenvalue weighted by molar-refractivity contribution is -0.116. The molecule has 0 saturated heterocycles. The third-order valence-corrected chi connectivity index (χ3v) is 4.63. The highest BCUT2D eigenvalue weighted by molar-refractivity contribution is 5.94. The van der Waals surface area contributed by atoms with Gasteiger partial charge in [-0.05, 0) is 12.1 Å². The number of halogens is 1. The molecule has 7 heteroatoms. The van der Waals surface area contributed by atoms with Crippen LogP contribution in [0.15, 0.2) is 48.7 Å². The summed E-state index contributed by atoms with van der Waals surface area (Å²) in [4.78, 5) is 12.1. The number of carbonyl (C=O) groups excluding carboxylic acids is 1. The SMILES string of the molecule is COc1cccc([C@@H]2CC(=O)Nc3[nH]ncc32)c1OCc1ccccc1F. The Hall–Kier alpha value is -3.35. The van der Waals surface area contributed by atoms with E-state index in [0.717, 1.165) is 11.1 Å². The maximum Gasteiger partial charge on any atom is 0.226 e. The standard InChI is InChI=1S/C20H18FN3O3/c1-26-17-8-4-6-13(14-9-18(25)23-20-15(14)10-22-24-20)19(17)27-11-12-5-2-3-7-16(12)21/h2-8,10,14H,9,11H2,1H3,(H2,22,23,24,25)/t14-/m0/s1. The number of ether oxygens (including phenoxy) is 2. The minimum atomic E-state index is -0.330. The number of aromatic amines is 1. The van der Waals surface area contributed by atoms with Crippen LogP contribution in [0.2, 0.25) is 0 Å². The topological polar surface area (TPSA) is 76.2 Å². The lowest BCUT2D eigenvalue weighted by Gasteiger charge is -2.25. The first kappa shape index (κ1) is 17.1. The predicted octanol–water partition coefficient (Wildman–Crippen LogP) is 3.61. The number of nitrogens with one attached hydrogen (secondary N) is 2. The molecule has 27 heavy (non-hydrogen) atoms. The summed E-state index contributed by atoms with van der Waals surface area (Å²) in [5.74, 6) is 0.926. The Bertz CT molecular complexity index is 986. The molecule has 2 N–H and O–H groups in total. The van der Waals surface area contributed by atoms with Gasteiger partial charge in [0.05, 0.1) is 13.3 Å². The van der Waals surface area contributed by atoms with Crippen LogP contribution in [0.3, 0.4) is 0 Å². The maximum atomic E-state index is 14.0. The first-order chi connectivity index (χ1) is 13.2. The van der Waals surface area contributed by atoms with Crippen LogP contribution in [0.5, 0.6) is 11.5 Å². The second-order valence-corrected chi connectivity index (χ2v) is 6.26. The van der Waals surface area contributed by atoms with Crippen molar-refractivity contribution in [1.82, 2.24) is 10.2 Å².